The van der Waals surface area contributed by atoms with Gasteiger partial charge >= 0.3 is 5.97 Å². The Balaban J connectivity index is 3.75. The minimum Gasteiger partial charge on any atom is -0.480 e. The maximum Gasteiger partial charge on any atom is 0.320 e. The molecule has 0 aromatic carbocycles. The van der Waals surface area contributed by atoms with E-state index in [4.69, 9.17) is 0 Å². The van der Waals surface area contributed by atoms with Gasteiger partial charge in [0.05, 0.1) is 0 Å². The number of rotatable bonds is 42. The number of carbonyl (C=O) groups is 1. The van der Waals surface area contributed by atoms with E-state index in [1.807, 2.05) is 0 Å². The zero-order chi connectivity index (χ0) is 35.0. The molecule has 0 aliphatic heterocycles. The van der Waals surface area contributed by atoms with E-state index in [0.717, 1.165) is 38.8 Å². The van der Waals surface area contributed by atoms with E-state index in [-0.39, 0.29) is 6.04 Å². The lowest BCUT2D eigenvalue weighted by Crippen LogP contribution is -2.42. The van der Waals surface area contributed by atoms with Gasteiger partial charge in [0.25, 0.3) is 0 Å². The van der Waals surface area contributed by atoms with Crippen molar-refractivity contribution in [1.82, 2.24) is 4.90 Å². The first-order valence-electron chi connectivity index (χ1n) is 22.6. The third-order valence-electron chi connectivity index (χ3n) is 10.9. The Labute approximate surface area is 304 Å². The lowest BCUT2D eigenvalue weighted by molar-refractivity contribution is -0.143. The molecule has 3 heteroatoms. The molecule has 3 nitrogen and oxygen atoms in total. The van der Waals surface area contributed by atoms with Crippen LogP contribution in [0.2, 0.25) is 0 Å². The number of hydrogen-bond acceptors (Lipinski definition) is 2. The molecule has 0 spiro atoms. The second-order valence-corrected chi connectivity index (χ2v) is 15.7. The topological polar surface area (TPSA) is 40.5 Å². The molecule has 0 bridgehead atoms. The van der Waals surface area contributed by atoms with Crippen LogP contribution in [0.1, 0.15) is 265 Å². The number of nitrogens with zero attached hydrogens (tertiary/aromatic N) is 1. The molecule has 0 saturated carbocycles. The maximum absolute atomic E-state index is 12.1. The van der Waals surface area contributed by atoms with Gasteiger partial charge in [0.1, 0.15) is 6.04 Å². The van der Waals surface area contributed by atoms with Crippen LogP contribution in [0.3, 0.4) is 0 Å². The van der Waals surface area contributed by atoms with Gasteiger partial charge in [-0.25, -0.2) is 0 Å². The van der Waals surface area contributed by atoms with Crippen molar-refractivity contribution < 1.29 is 9.90 Å². The Hall–Kier alpha value is -0.570. The van der Waals surface area contributed by atoms with Gasteiger partial charge in [0, 0.05) is 0 Å². The normalized spacial score (nSPS) is 12.3. The number of hydrogen-bond donors (Lipinski definition) is 1. The van der Waals surface area contributed by atoms with Crippen LogP contribution in [0.4, 0.5) is 0 Å². The molecule has 1 atom stereocenters. The first-order valence-corrected chi connectivity index (χ1v) is 22.6. The van der Waals surface area contributed by atoms with E-state index < -0.39 is 5.97 Å². The standard InChI is InChI=1S/C45H91NO2/c1-4-7-9-11-13-15-17-19-21-23-25-27-29-31-33-35-37-39-42-46(44(41-6-3)45(47)48)43-40-38-36-34-32-30-28-26-24-22-20-18-16-14-12-10-8-5-2/h44H,4-43H2,1-3H3,(H,47,48). The molecule has 1 unspecified atom stereocenters. The summed E-state index contributed by atoms with van der Waals surface area (Å²) in [5.41, 5.74) is 0. The summed E-state index contributed by atoms with van der Waals surface area (Å²) in [7, 11) is 0. The fourth-order valence-corrected chi connectivity index (χ4v) is 7.59. The predicted octanol–water partition coefficient (Wildman–Crippen LogP) is 15.6. The second kappa shape index (κ2) is 40.9. The highest BCUT2D eigenvalue weighted by atomic mass is 16.4. The van der Waals surface area contributed by atoms with Crippen LogP contribution in [-0.2, 0) is 4.79 Å². The van der Waals surface area contributed by atoms with Crippen molar-refractivity contribution in [2.75, 3.05) is 13.1 Å². The van der Waals surface area contributed by atoms with E-state index in [0.29, 0.717) is 0 Å². The van der Waals surface area contributed by atoms with Gasteiger partial charge in [0.15, 0.2) is 0 Å². The summed E-state index contributed by atoms with van der Waals surface area (Å²) in [6.45, 7) is 8.65. The summed E-state index contributed by atoms with van der Waals surface area (Å²) in [4.78, 5) is 14.4. The van der Waals surface area contributed by atoms with Crippen molar-refractivity contribution in [3.8, 4) is 0 Å². The van der Waals surface area contributed by atoms with Gasteiger partial charge in [-0.3, -0.25) is 9.69 Å². The molecule has 0 aromatic rings. The van der Waals surface area contributed by atoms with Crippen LogP contribution in [-0.4, -0.2) is 35.1 Å². The summed E-state index contributed by atoms with van der Waals surface area (Å²) in [5, 5.41) is 9.94. The molecule has 1 N–H and O–H groups in total. The van der Waals surface area contributed by atoms with Gasteiger partial charge in [-0.1, -0.05) is 245 Å². The monoisotopic (exact) mass is 678 g/mol. The molecule has 0 aliphatic rings. The highest BCUT2D eigenvalue weighted by Gasteiger charge is 2.23. The van der Waals surface area contributed by atoms with Crippen molar-refractivity contribution in [3.05, 3.63) is 0 Å². The first kappa shape index (κ1) is 47.4. The molecule has 0 aromatic heterocycles. The number of aliphatic carboxylic acids is 1. The number of carboxylic acid groups (broad SMARTS) is 1. The smallest absolute Gasteiger partial charge is 0.320 e. The van der Waals surface area contributed by atoms with Gasteiger partial charge in [0.2, 0.25) is 0 Å². The van der Waals surface area contributed by atoms with Crippen LogP contribution in [0, 0.1) is 0 Å². The van der Waals surface area contributed by atoms with Gasteiger partial charge < -0.3 is 5.11 Å². The fraction of sp³-hybridized carbons (Fsp3) is 0.978. The van der Waals surface area contributed by atoms with E-state index in [1.54, 1.807) is 0 Å². The molecule has 0 heterocycles. The molecule has 0 aliphatic carbocycles. The van der Waals surface area contributed by atoms with E-state index in [1.165, 1.54) is 218 Å². The Morgan fingerprint density at radius 1 is 0.354 bits per heavy atom. The lowest BCUT2D eigenvalue weighted by Gasteiger charge is -2.29. The Kier molecular flexibility index (Phi) is 40.4. The molecule has 288 valence electrons. The highest BCUT2D eigenvalue weighted by Crippen LogP contribution is 2.18. The second-order valence-electron chi connectivity index (χ2n) is 15.7. The molecule has 0 amide bonds. The summed E-state index contributed by atoms with van der Waals surface area (Å²) >= 11 is 0. The SMILES string of the molecule is CCCCCCCCCCCCCCCCCCCCN(CCCCCCCCCCCCCCCCCCCC)C(CCC)C(=O)O. The Morgan fingerprint density at radius 3 is 0.750 bits per heavy atom. The van der Waals surface area contributed by atoms with E-state index in [2.05, 4.69) is 25.7 Å². The molecule has 0 rings (SSSR count). The lowest BCUT2D eigenvalue weighted by atomic mass is 10.0. The van der Waals surface area contributed by atoms with Crippen LogP contribution in [0.15, 0.2) is 0 Å². The third-order valence-corrected chi connectivity index (χ3v) is 10.9. The molecule has 0 radical (unpaired) electrons. The largest absolute Gasteiger partial charge is 0.480 e. The van der Waals surface area contributed by atoms with Crippen molar-refractivity contribution >= 4 is 5.97 Å². The Bertz CT molecular complexity index is 568. The molecule has 0 saturated heterocycles. The zero-order valence-corrected chi connectivity index (χ0v) is 33.7. The van der Waals surface area contributed by atoms with E-state index >= 15 is 0 Å². The van der Waals surface area contributed by atoms with Crippen molar-refractivity contribution in [3.63, 3.8) is 0 Å². The van der Waals surface area contributed by atoms with Crippen molar-refractivity contribution in [2.24, 2.45) is 0 Å². The molecular formula is C45H91NO2. The quantitative estimate of drug-likeness (QED) is 0.0654. The molecular weight excluding hydrogens is 587 g/mol. The van der Waals surface area contributed by atoms with Crippen molar-refractivity contribution in [2.45, 2.75) is 271 Å². The number of unbranched alkanes of at least 4 members (excludes halogenated alkanes) is 34. The maximum atomic E-state index is 12.1. The minimum absolute atomic E-state index is 0.286. The molecule has 48 heavy (non-hydrogen) atoms. The predicted molar refractivity (Wildman–Crippen MR) is 215 cm³/mol. The third kappa shape index (κ3) is 35.3. The minimum atomic E-state index is -0.610. The summed E-state index contributed by atoms with van der Waals surface area (Å²) in [6, 6.07) is -0.286. The van der Waals surface area contributed by atoms with Crippen LogP contribution >= 0.6 is 0 Å². The van der Waals surface area contributed by atoms with Gasteiger partial charge in [-0.2, -0.15) is 0 Å². The van der Waals surface area contributed by atoms with Crippen LogP contribution in [0.25, 0.3) is 0 Å². The highest BCUT2D eigenvalue weighted by molar-refractivity contribution is 5.73. The average molecular weight is 678 g/mol. The molecule has 0 fully saturated rings. The van der Waals surface area contributed by atoms with Crippen molar-refractivity contribution in [1.29, 1.82) is 0 Å². The summed E-state index contributed by atoms with van der Waals surface area (Å²) in [6.07, 6.45) is 51.9. The first-order chi connectivity index (χ1) is 23.7. The van der Waals surface area contributed by atoms with Gasteiger partial charge in [-0.15, -0.1) is 0 Å². The number of carboxylic acids is 1. The van der Waals surface area contributed by atoms with E-state index in [9.17, 15) is 9.90 Å². The van der Waals surface area contributed by atoms with Crippen LogP contribution in [0.5, 0.6) is 0 Å². The van der Waals surface area contributed by atoms with Gasteiger partial charge in [-0.05, 0) is 32.4 Å². The summed E-state index contributed by atoms with van der Waals surface area (Å²) < 4.78 is 0. The zero-order valence-electron chi connectivity index (χ0n) is 33.7. The van der Waals surface area contributed by atoms with Crippen LogP contribution < -0.4 is 0 Å². The average Bonchev–Trinajstić information content (AvgIpc) is 3.08. The fourth-order valence-electron chi connectivity index (χ4n) is 7.59. The Morgan fingerprint density at radius 2 is 0.562 bits per heavy atom. The summed E-state index contributed by atoms with van der Waals surface area (Å²) in [5.74, 6) is -0.610.